The first-order chi connectivity index (χ1) is 5.81. The van der Waals surface area contributed by atoms with Crippen LogP contribution in [0.1, 0.15) is 10.4 Å². The minimum atomic E-state index is 0.483. The van der Waals surface area contributed by atoms with E-state index in [4.69, 9.17) is 10.6 Å². The molecule has 0 saturated carbocycles. The average Bonchev–Trinajstić information content (AvgIpc) is 2.16. The number of hydrazine groups is 1. The van der Waals surface area contributed by atoms with Crippen LogP contribution < -0.4 is 16.0 Å². The van der Waals surface area contributed by atoms with Crippen LogP contribution in [0.5, 0.6) is 5.75 Å². The van der Waals surface area contributed by atoms with Crippen LogP contribution in [0.15, 0.2) is 18.2 Å². The molecular weight excluding hydrogens is 156 g/mol. The number of rotatable bonds is 3. The summed E-state index contributed by atoms with van der Waals surface area (Å²) in [6.45, 7) is 0. The van der Waals surface area contributed by atoms with Gasteiger partial charge in [-0.25, -0.2) is 0 Å². The highest BCUT2D eigenvalue weighted by Gasteiger charge is 2.00. The van der Waals surface area contributed by atoms with Crippen molar-refractivity contribution in [3.8, 4) is 5.75 Å². The fourth-order valence-electron chi connectivity index (χ4n) is 0.897. The van der Waals surface area contributed by atoms with Gasteiger partial charge in [-0.2, -0.15) is 0 Å². The normalized spacial score (nSPS) is 9.17. The second kappa shape index (κ2) is 3.73. The van der Waals surface area contributed by atoms with E-state index >= 15 is 0 Å². The standard InChI is InChI=1S/C8H10N2O2/c1-12-7-2-3-8(10-9)6(4-7)5-11/h2-5,10H,9H2,1H3. The van der Waals surface area contributed by atoms with Crippen LogP contribution in [0.4, 0.5) is 5.69 Å². The van der Waals surface area contributed by atoms with E-state index in [0.717, 1.165) is 6.29 Å². The first-order valence-corrected chi connectivity index (χ1v) is 3.41. The maximum Gasteiger partial charge on any atom is 0.152 e. The number of nitrogens with one attached hydrogen (secondary N) is 1. The van der Waals surface area contributed by atoms with Gasteiger partial charge in [0, 0.05) is 5.56 Å². The van der Waals surface area contributed by atoms with E-state index in [1.807, 2.05) is 0 Å². The fourth-order valence-corrected chi connectivity index (χ4v) is 0.897. The van der Waals surface area contributed by atoms with Gasteiger partial charge in [-0.1, -0.05) is 0 Å². The van der Waals surface area contributed by atoms with Crippen LogP contribution in [-0.4, -0.2) is 13.4 Å². The Labute approximate surface area is 70.3 Å². The topological polar surface area (TPSA) is 64.3 Å². The van der Waals surface area contributed by atoms with Crippen molar-refractivity contribution in [2.24, 2.45) is 5.84 Å². The molecule has 1 rings (SSSR count). The van der Waals surface area contributed by atoms with Crippen molar-refractivity contribution < 1.29 is 9.53 Å². The lowest BCUT2D eigenvalue weighted by Gasteiger charge is -2.05. The van der Waals surface area contributed by atoms with E-state index in [2.05, 4.69) is 5.43 Å². The Balaban J connectivity index is 3.10. The van der Waals surface area contributed by atoms with Crippen molar-refractivity contribution in [1.82, 2.24) is 0 Å². The van der Waals surface area contributed by atoms with Gasteiger partial charge >= 0.3 is 0 Å². The lowest BCUT2D eigenvalue weighted by molar-refractivity contribution is 0.112. The van der Waals surface area contributed by atoms with E-state index < -0.39 is 0 Å². The number of benzene rings is 1. The molecule has 0 fully saturated rings. The summed E-state index contributed by atoms with van der Waals surface area (Å²) < 4.78 is 4.93. The van der Waals surface area contributed by atoms with Crippen molar-refractivity contribution in [1.29, 1.82) is 0 Å². The summed E-state index contributed by atoms with van der Waals surface area (Å²) >= 11 is 0. The molecule has 0 aliphatic rings. The van der Waals surface area contributed by atoms with Crippen molar-refractivity contribution in [3.05, 3.63) is 23.8 Å². The third-order valence-corrected chi connectivity index (χ3v) is 1.54. The number of nitrogen functional groups attached to an aromatic ring is 1. The molecule has 0 aliphatic carbocycles. The van der Waals surface area contributed by atoms with E-state index in [1.165, 1.54) is 0 Å². The van der Waals surface area contributed by atoms with Crippen molar-refractivity contribution >= 4 is 12.0 Å². The molecular formula is C8H10N2O2. The van der Waals surface area contributed by atoms with Gasteiger partial charge in [-0.05, 0) is 18.2 Å². The number of methoxy groups -OCH3 is 1. The molecule has 4 heteroatoms. The molecule has 64 valence electrons. The number of anilines is 1. The number of hydrogen-bond acceptors (Lipinski definition) is 4. The van der Waals surface area contributed by atoms with Crippen molar-refractivity contribution in [2.75, 3.05) is 12.5 Å². The van der Waals surface area contributed by atoms with E-state index in [1.54, 1.807) is 25.3 Å². The molecule has 0 saturated heterocycles. The molecule has 0 aliphatic heterocycles. The lowest BCUT2D eigenvalue weighted by Crippen LogP contribution is -2.08. The van der Waals surface area contributed by atoms with Crippen molar-refractivity contribution in [2.45, 2.75) is 0 Å². The molecule has 0 radical (unpaired) electrons. The van der Waals surface area contributed by atoms with E-state index in [0.29, 0.717) is 17.0 Å². The summed E-state index contributed by atoms with van der Waals surface area (Å²) in [5.74, 6) is 5.80. The minimum absolute atomic E-state index is 0.483. The summed E-state index contributed by atoms with van der Waals surface area (Å²) in [5, 5.41) is 0. The van der Waals surface area contributed by atoms with Gasteiger partial charge in [0.1, 0.15) is 5.75 Å². The number of aldehydes is 1. The molecule has 1 aromatic carbocycles. The smallest absolute Gasteiger partial charge is 0.152 e. The second-order valence-corrected chi connectivity index (χ2v) is 2.22. The number of carbonyl (C=O) groups is 1. The Hall–Kier alpha value is -1.55. The van der Waals surface area contributed by atoms with Crippen LogP contribution >= 0.6 is 0 Å². The average molecular weight is 166 g/mol. The maximum atomic E-state index is 10.5. The van der Waals surface area contributed by atoms with Gasteiger partial charge in [0.05, 0.1) is 12.8 Å². The molecule has 0 spiro atoms. The molecule has 0 unspecified atom stereocenters. The highest BCUT2D eigenvalue weighted by Crippen LogP contribution is 2.19. The van der Waals surface area contributed by atoms with Gasteiger partial charge in [-0.15, -0.1) is 0 Å². The summed E-state index contributed by atoms with van der Waals surface area (Å²) in [4.78, 5) is 10.5. The molecule has 0 amide bonds. The highest BCUT2D eigenvalue weighted by atomic mass is 16.5. The molecule has 12 heavy (non-hydrogen) atoms. The molecule has 0 heterocycles. The Morgan fingerprint density at radius 1 is 1.58 bits per heavy atom. The first-order valence-electron chi connectivity index (χ1n) is 3.41. The maximum absolute atomic E-state index is 10.5. The van der Waals surface area contributed by atoms with Gasteiger partial charge < -0.3 is 10.2 Å². The van der Waals surface area contributed by atoms with Crippen LogP contribution in [0.2, 0.25) is 0 Å². The van der Waals surface area contributed by atoms with Gasteiger partial charge in [0.2, 0.25) is 0 Å². The fraction of sp³-hybridized carbons (Fsp3) is 0.125. The Morgan fingerprint density at radius 3 is 2.83 bits per heavy atom. The summed E-state index contributed by atoms with van der Waals surface area (Å²) in [7, 11) is 1.54. The molecule has 4 nitrogen and oxygen atoms in total. The van der Waals surface area contributed by atoms with Crippen LogP contribution in [-0.2, 0) is 0 Å². The quantitative estimate of drug-likeness (QED) is 0.396. The third kappa shape index (κ3) is 1.54. The number of ether oxygens (including phenoxy) is 1. The van der Waals surface area contributed by atoms with Crippen molar-refractivity contribution in [3.63, 3.8) is 0 Å². The molecule has 0 aromatic heterocycles. The lowest BCUT2D eigenvalue weighted by atomic mass is 10.2. The predicted molar refractivity (Wildman–Crippen MR) is 46.2 cm³/mol. The van der Waals surface area contributed by atoms with E-state index in [-0.39, 0.29) is 0 Å². The summed E-state index contributed by atoms with van der Waals surface area (Å²) in [5.41, 5.74) is 3.48. The van der Waals surface area contributed by atoms with Crippen LogP contribution in [0.25, 0.3) is 0 Å². The first kappa shape index (κ1) is 8.55. The molecule has 0 atom stereocenters. The van der Waals surface area contributed by atoms with Crippen LogP contribution in [0, 0.1) is 0 Å². The zero-order valence-corrected chi connectivity index (χ0v) is 6.70. The number of nitrogens with two attached hydrogens (primary N) is 1. The van der Waals surface area contributed by atoms with Gasteiger partial charge in [-0.3, -0.25) is 10.6 Å². The molecule has 0 bridgehead atoms. The Kier molecular flexibility index (Phi) is 2.66. The predicted octanol–water partition coefficient (Wildman–Crippen LogP) is 0.793. The minimum Gasteiger partial charge on any atom is -0.497 e. The molecule has 1 aromatic rings. The Morgan fingerprint density at radius 2 is 2.33 bits per heavy atom. The van der Waals surface area contributed by atoms with Crippen LogP contribution in [0.3, 0.4) is 0 Å². The highest BCUT2D eigenvalue weighted by molar-refractivity contribution is 5.84. The summed E-state index contributed by atoms with van der Waals surface area (Å²) in [6.07, 6.45) is 0.720. The Bertz CT molecular complexity index is 286. The van der Waals surface area contributed by atoms with Gasteiger partial charge in [0.25, 0.3) is 0 Å². The summed E-state index contributed by atoms with van der Waals surface area (Å²) in [6, 6.07) is 5.02. The molecule has 3 N–H and O–H groups in total. The number of hydrogen-bond donors (Lipinski definition) is 2. The zero-order valence-electron chi connectivity index (χ0n) is 6.70. The monoisotopic (exact) mass is 166 g/mol. The zero-order chi connectivity index (χ0) is 8.97. The number of carbonyl (C=O) groups excluding carboxylic acids is 1. The van der Waals surface area contributed by atoms with Gasteiger partial charge in [0.15, 0.2) is 6.29 Å². The second-order valence-electron chi connectivity index (χ2n) is 2.22. The third-order valence-electron chi connectivity index (χ3n) is 1.54. The SMILES string of the molecule is COc1ccc(NN)c(C=O)c1. The largest absolute Gasteiger partial charge is 0.497 e. The van der Waals surface area contributed by atoms with E-state index in [9.17, 15) is 4.79 Å².